The third-order valence-electron chi connectivity index (χ3n) is 2.92. The summed E-state index contributed by atoms with van der Waals surface area (Å²) in [5.74, 6) is -0.232. The molecule has 0 fully saturated rings. The molecule has 2 rings (SSSR count). The second-order valence-corrected chi connectivity index (χ2v) is 5.52. The van der Waals surface area contributed by atoms with E-state index in [2.05, 4.69) is 31.5 Å². The van der Waals surface area contributed by atoms with Gasteiger partial charge in [0.05, 0.1) is 12.5 Å². The molecule has 0 saturated heterocycles. The van der Waals surface area contributed by atoms with Crippen LogP contribution in [0.5, 0.6) is 0 Å². The molecule has 1 aromatic carbocycles. The number of anilines is 1. The smallest absolute Gasteiger partial charge is 0.312 e. The summed E-state index contributed by atoms with van der Waals surface area (Å²) < 4.78 is 0.857. The second-order valence-electron chi connectivity index (χ2n) is 4.60. The van der Waals surface area contributed by atoms with Gasteiger partial charge in [-0.2, -0.15) is 0 Å². The van der Waals surface area contributed by atoms with Crippen LogP contribution in [0.4, 0.5) is 10.5 Å². The van der Waals surface area contributed by atoms with E-state index < -0.39 is 12.1 Å². The predicted molar refractivity (Wildman–Crippen MR) is 87.1 cm³/mol. The third-order valence-corrected chi connectivity index (χ3v) is 3.41. The molecule has 0 aliphatic heterocycles. The Bertz CT molecular complexity index is 664. The number of nitrogens with one attached hydrogen (secondary N) is 2. The first-order valence-corrected chi connectivity index (χ1v) is 7.35. The summed E-state index contributed by atoms with van der Waals surface area (Å²) in [5.41, 5.74) is 6.63. The molecule has 0 radical (unpaired) electrons. The lowest BCUT2D eigenvalue weighted by molar-refractivity contribution is -0.116. The number of amides is 3. The average Bonchev–Trinajstić information content (AvgIpc) is 2.47. The van der Waals surface area contributed by atoms with E-state index in [1.54, 1.807) is 24.5 Å². The number of benzene rings is 1. The minimum absolute atomic E-state index is 0.0711. The van der Waals surface area contributed by atoms with Gasteiger partial charge in [0.15, 0.2) is 0 Å². The van der Waals surface area contributed by atoms with E-state index in [1.165, 1.54) is 0 Å². The van der Waals surface area contributed by atoms with Gasteiger partial charge in [-0.3, -0.25) is 9.78 Å². The van der Waals surface area contributed by atoms with Crippen molar-refractivity contribution in [3.05, 3.63) is 58.8 Å². The number of carbonyl (C=O) groups is 2. The Hall–Kier alpha value is -2.41. The lowest BCUT2D eigenvalue weighted by atomic mass is 10.0. The summed E-state index contributed by atoms with van der Waals surface area (Å²) in [6, 6.07) is 9.54. The van der Waals surface area contributed by atoms with Crippen LogP contribution in [-0.2, 0) is 4.79 Å². The second kappa shape index (κ2) is 7.56. The van der Waals surface area contributed by atoms with Gasteiger partial charge in [0.25, 0.3) is 0 Å². The number of halogens is 1. The zero-order valence-corrected chi connectivity index (χ0v) is 13.2. The van der Waals surface area contributed by atoms with Gasteiger partial charge in [0.2, 0.25) is 5.91 Å². The zero-order chi connectivity index (χ0) is 15.9. The van der Waals surface area contributed by atoms with Crippen LogP contribution in [0.25, 0.3) is 0 Å². The van der Waals surface area contributed by atoms with Crippen LogP contribution in [-0.4, -0.2) is 16.9 Å². The summed E-state index contributed by atoms with van der Waals surface area (Å²) in [5, 5.41) is 5.33. The number of urea groups is 1. The first-order valence-electron chi connectivity index (χ1n) is 6.56. The summed E-state index contributed by atoms with van der Waals surface area (Å²) in [6.07, 6.45) is 3.24. The number of pyridine rings is 1. The fraction of sp³-hybridized carbons (Fsp3) is 0.133. The number of hydrogen-bond donors (Lipinski definition) is 3. The van der Waals surface area contributed by atoms with Crippen LogP contribution in [0.3, 0.4) is 0 Å². The summed E-state index contributed by atoms with van der Waals surface area (Å²) >= 11 is 3.37. The van der Waals surface area contributed by atoms with E-state index in [4.69, 9.17) is 5.73 Å². The van der Waals surface area contributed by atoms with Gasteiger partial charge >= 0.3 is 6.03 Å². The molecule has 0 spiro atoms. The van der Waals surface area contributed by atoms with E-state index in [9.17, 15) is 9.59 Å². The lowest BCUT2D eigenvalue weighted by Gasteiger charge is -2.18. The maximum Gasteiger partial charge on any atom is 0.312 e. The SMILES string of the molecule is NC(=O)N[C@@H](CC(=O)Nc1ccncc1)c1cccc(Br)c1. The molecular formula is C15H15BrN4O2. The lowest BCUT2D eigenvalue weighted by Crippen LogP contribution is -2.35. The van der Waals surface area contributed by atoms with Crippen molar-refractivity contribution in [3.8, 4) is 0 Å². The molecule has 0 aliphatic rings. The Labute approximate surface area is 136 Å². The maximum absolute atomic E-state index is 12.1. The number of hydrogen-bond acceptors (Lipinski definition) is 3. The minimum Gasteiger partial charge on any atom is -0.352 e. The van der Waals surface area contributed by atoms with Crippen LogP contribution in [0, 0.1) is 0 Å². The summed E-state index contributed by atoms with van der Waals surface area (Å²) in [6.45, 7) is 0. The first kappa shape index (κ1) is 16.0. The molecule has 7 heteroatoms. The van der Waals surface area contributed by atoms with Gasteiger partial charge in [-0.15, -0.1) is 0 Å². The van der Waals surface area contributed by atoms with Gasteiger partial charge in [-0.05, 0) is 29.8 Å². The third kappa shape index (κ3) is 4.85. The minimum atomic E-state index is -0.679. The fourth-order valence-corrected chi connectivity index (χ4v) is 2.40. The molecule has 4 N–H and O–H groups in total. The van der Waals surface area contributed by atoms with Crippen molar-refractivity contribution in [2.24, 2.45) is 5.73 Å². The monoisotopic (exact) mass is 362 g/mol. The first-order chi connectivity index (χ1) is 10.5. The zero-order valence-electron chi connectivity index (χ0n) is 11.6. The molecule has 22 heavy (non-hydrogen) atoms. The van der Waals surface area contributed by atoms with Crippen LogP contribution in [0.2, 0.25) is 0 Å². The molecule has 1 atom stereocenters. The van der Waals surface area contributed by atoms with Crippen molar-refractivity contribution >= 4 is 33.6 Å². The molecule has 1 aromatic heterocycles. The van der Waals surface area contributed by atoms with Crippen molar-refractivity contribution in [1.29, 1.82) is 0 Å². The van der Waals surface area contributed by atoms with E-state index in [-0.39, 0.29) is 12.3 Å². The molecule has 114 valence electrons. The molecule has 1 heterocycles. The normalized spacial score (nSPS) is 11.5. The van der Waals surface area contributed by atoms with Crippen molar-refractivity contribution in [2.45, 2.75) is 12.5 Å². The molecule has 0 saturated carbocycles. The van der Waals surface area contributed by atoms with Gasteiger partial charge in [-0.25, -0.2) is 4.79 Å². The number of rotatable bonds is 5. The fourth-order valence-electron chi connectivity index (χ4n) is 1.98. The number of aromatic nitrogens is 1. The highest BCUT2D eigenvalue weighted by molar-refractivity contribution is 9.10. The van der Waals surface area contributed by atoms with Crippen molar-refractivity contribution in [2.75, 3.05) is 5.32 Å². The van der Waals surface area contributed by atoms with Crippen LogP contribution in [0.15, 0.2) is 53.3 Å². The number of carbonyl (C=O) groups excluding carboxylic acids is 2. The van der Waals surface area contributed by atoms with Crippen LogP contribution < -0.4 is 16.4 Å². The molecular weight excluding hydrogens is 348 g/mol. The van der Waals surface area contributed by atoms with E-state index in [0.29, 0.717) is 5.69 Å². The Balaban J connectivity index is 2.09. The topological polar surface area (TPSA) is 97.1 Å². The number of nitrogens with zero attached hydrogens (tertiary/aromatic N) is 1. The molecule has 0 bridgehead atoms. The highest BCUT2D eigenvalue weighted by Gasteiger charge is 2.17. The average molecular weight is 363 g/mol. The van der Waals surface area contributed by atoms with Gasteiger partial charge in [0, 0.05) is 22.6 Å². The molecule has 0 unspecified atom stereocenters. The van der Waals surface area contributed by atoms with Crippen LogP contribution >= 0.6 is 15.9 Å². The van der Waals surface area contributed by atoms with Crippen LogP contribution in [0.1, 0.15) is 18.0 Å². The van der Waals surface area contributed by atoms with E-state index in [1.807, 2.05) is 24.3 Å². The summed E-state index contributed by atoms with van der Waals surface area (Å²) in [7, 11) is 0. The predicted octanol–water partition coefficient (Wildman–Crippen LogP) is 2.58. The largest absolute Gasteiger partial charge is 0.352 e. The van der Waals surface area contributed by atoms with E-state index in [0.717, 1.165) is 10.0 Å². The highest BCUT2D eigenvalue weighted by Crippen LogP contribution is 2.21. The molecule has 0 aliphatic carbocycles. The van der Waals surface area contributed by atoms with Crippen molar-refractivity contribution < 1.29 is 9.59 Å². The standard InChI is InChI=1S/C15H15BrN4O2/c16-11-3-1-2-10(8-11)13(20-15(17)22)9-14(21)19-12-4-6-18-7-5-12/h1-8,13H,9H2,(H3,17,20,22)(H,18,19,21)/t13-/m0/s1. The van der Waals surface area contributed by atoms with Gasteiger partial charge in [0.1, 0.15) is 0 Å². The number of primary amides is 1. The quantitative estimate of drug-likeness (QED) is 0.762. The maximum atomic E-state index is 12.1. The van der Waals surface area contributed by atoms with Gasteiger partial charge in [-0.1, -0.05) is 28.1 Å². The molecule has 6 nitrogen and oxygen atoms in total. The Kier molecular flexibility index (Phi) is 5.48. The Morgan fingerprint density at radius 2 is 1.95 bits per heavy atom. The van der Waals surface area contributed by atoms with E-state index >= 15 is 0 Å². The molecule has 2 aromatic rings. The Morgan fingerprint density at radius 1 is 1.23 bits per heavy atom. The van der Waals surface area contributed by atoms with Crippen molar-refractivity contribution in [3.63, 3.8) is 0 Å². The summed E-state index contributed by atoms with van der Waals surface area (Å²) in [4.78, 5) is 27.2. The highest BCUT2D eigenvalue weighted by atomic mass is 79.9. The van der Waals surface area contributed by atoms with Gasteiger partial charge < -0.3 is 16.4 Å². The number of nitrogens with two attached hydrogens (primary N) is 1. The Morgan fingerprint density at radius 3 is 2.59 bits per heavy atom. The van der Waals surface area contributed by atoms with Crippen molar-refractivity contribution in [1.82, 2.24) is 10.3 Å². The molecule has 3 amide bonds.